The van der Waals surface area contributed by atoms with Crippen molar-refractivity contribution >= 4 is 5.91 Å². The van der Waals surface area contributed by atoms with Crippen LogP contribution in [0.4, 0.5) is 0 Å². The third-order valence-electron chi connectivity index (χ3n) is 5.92. The largest absolute Gasteiger partial charge is 0.399 e. The van der Waals surface area contributed by atoms with Gasteiger partial charge in [0.05, 0.1) is 12.2 Å². The number of hydrogen-bond donors (Lipinski definition) is 2. The number of rotatable bonds is 2. The molecular weight excluding hydrogens is 238 g/mol. The minimum Gasteiger partial charge on any atom is -0.399 e. The molecule has 0 aromatic carbocycles. The van der Waals surface area contributed by atoms with E-state index >= 15 is 0 Å². The second-order valence-corrected chi connectivity index (χ2v) is 7.52. The highest BCUT2D eigenvalue weighted by Crippen LogP contribution is 2.60. The molecule has 5 rings (SSSR count). The van der Waals surface area contributed by atoms with Crippen LogP contribution in [0, 0.1) is 23.2 Å². The lowest BCUT2D eigenvalue weighted by atomic mass is 9.49. The fraction of sp³-hybridized carbons (Fsp3) is 0.800. The number of amides is 1. The van der Waals surface area contributed by atoms with Gasteiger partial charge in [-0.1, -0.05) is 0 Å². The van der Waals surface area contributed by atoms with Gasteiger partial charge in [0.15, 0.2) is 0 Å². The highest BCUT2D eigenvalue weighted by atomic mass is 16.2. The van der Waals surface area contributed by atoms with Gasteiger partial charge in [-0.05, 0) is 61.7 Å². The molecule has 4 nitrogen and oxygen atoms in total. The van der Waals surface area contributed by atoms with E-state index in [2.05, 4.69) is 0 Å². The first-order valence-corrected chi connectivity index (χ1v) is 7.58. The predicted molar refractivity (Wildman–Crippen MR) is 72.6 cm³/mol. The molecule has 1 amide bonds. The summed E-state index contributed by atoms with van der Waals surface area (Å²) in [5.74, 6) is 2.73. The summed E-state index contributed by atoms with van der Waals surface area (Å²) in [6, 6.07) is 0. The van der Waals surface area contributed by atoms with Crippen molar-refractivity contribution in [3.05, 3.63) is 11.4 Å². The van der Waals surface area contributed by atoms with E-state index < -0.39 is 0 Å². The van der Waals surface area contributed by atoms with Crippen LogP contribution < -0.4 is 11.5 Å². The Hall–Kier alpha value is -1.19. The fourth-order valence-corrected chi connectivity index (χ4v) is 5.69. The van der Waals surface area contributed by atoms with Gasteiger partial charge in [-0.15, -0.1) is 0 Å². The van der Waals surface area contributed by atoms with Crippen molar-refractivity contribution in [1.29, 1.82) is 0 Å². The zero-order valence-electron chi connectivity index (χ0n) is 11.4. The zero-order valence-corrected chi connectivity index (χ0v) is 11.4. The minimum atomic E-state index is -0.0340. The number of hydrogen-bond acceptors (Lipinski definition) is 3. The van der Waals surface area contributed by atoms with Gasteiger partial charge in [0.2, 0.25) is 0 Å². The molecule has 4 heteroatoms. The quantitative estimate of drug-likeness (QED) is 0.784. The molecule has 104 valence electrons. The Bertz CT molecular complexity index is 433. The zero-order chi connectivity index (χ0) is 13.2. The lowest BCUT2D eigenvalue weighted by molar-refractivity contribution is -0.131. The molecule has 19 heavy (non-hydrogen) atoms. The maximum absolute atomic E-state index is 12.1. The van der Waals surface area contributed by atoms with Crippen LogP contribution in [-0.4, -0.2) is 23.9 Å². The summed E-state index contributed by atoms with van der Waals surface area (Å²) in [6.45, 7) is 1.43. The summed E-state index contributed by atoms with van der Waals surface area (Å²) in [5, 5.41) is 0. The average Bonchev–Trinajstić information content (AvgIpc) is 2.54. The molecule has 0 saturated heterocycles. The smallest absolute Gasteiger partial charge is 0.271 e. The number of nitrogens with two attached hydrogens (primary N) is 2. The van der Waals surface area contributed by atoms with Crippen molar-refractivity contribution in [2.45, 2.75) is 38.5 Å². The van der Waals surface area contributed by atoms with Crippen LogP contribution in [-0.2, 0) is 4.79 Å². The Morgan fingerprint density at radius 3 is 2.00 bits per heavy atom. The summed E-state index contributed by atoms with van der Waals surface area (Å²) in [7, 11) is 0. The van der Waals surface area contributed by atoms with Gasteiger partial charge in [-0.25, -0.2) is 0 Å². The van der Waals surface area contributed by atoms with Gasteiger partial charge < -0.3 is 16.4 Å². The molecular formula is C15H23N3O. The van der Waals surface area contributed by atoms with E-state index in [0.29, 0.717) is 17.7 Å². The van der Waals surface area contributed by atoms with Gasteiger partial charge in [0.25, 0.3) is 5.91 Å². The van der Waals surface area contributed by atoms with Crippen LogP contribution in [0.1, 0.15) is 38.5 Å². The third kappa shape index (κ3) is 1.68. The van der Waals surface area contributed by atoms with Gasteiger partial charge in [-0.3, -0.25) is 4.79 Å². The van der Waals surface area contributed by atoms with E-state index in [1.54, 1.807) is 0 Å². The summed E-state index contributed by atoms with van der Waals surface area (Å²) in [5.41, 5.74) is 12.8. The van der Waals surface area contributed by atoms with Crippen LogP contribution in [0.5, 0.6) is 0 Å². The molecule has 5 aliphatic rings. The van der Waals surface area contributed by atoms with Gasteiger partial charge in [-0.2, -0.15) is 0 Å². The Morgan fingerprint density at radius 1 is 1.05 bits per heavy atom. The van der Waals surface area contributed by atoms with Crippen molar-refractivity contribution in [2.75, 3.05) is 13.1 Å². The van der Waals surface area contributed by atoms with Crippen molar-refractivity contribution in [3.63, 3.8) is 0 Å². The summed E-state index contributed by atoms with van der Waals surface area (Å²) >= 11 is 0. The van der Waals surface area contributed by atoms with E-state index in [4.69, 9.17) is 11.5 Å². The lowest BCUT2D eigenvalue weighted by Crippen LogP contribution is -2.51. The Labute approximate surface area is 114 Å². The first kappa shape index (κ1) is 11.6. The Balaban J connectivity index is 1.53. The second-order valence-electron chi connectivity index (χ2n) is 7.52. The molecule has 0 spiro atoms. The predicted octanol–water partition coefficient (Wildman–Crippen LogP) is 1.17. The molecule has 0 atom stereocenters. The van der Waals surface area contributed by atoms with Gasteiger partial charge in [0.1, 0.15) is 5.70 Å². The molecule has 1 heterocycles. The van der Waals surface area contributed by atoms with E-state index in [1.165, 1.54) is 38.5 Å². The van der Waals surface area contributed by atoms with Gasteiger partial charge >= 0.3 is 0 Å². The van der Waals surface area contributed by atoms with Crippen LogP contribution >= 0.6 is 0 Å². The standard InChI is InChI=1S/C15H23N3O/c16-12-7-18(14(19)13(12)17)8-15-4-9-1-10(5-15)3-11(2-9)6-15/h9-11H,1-8,16-17H2. The van der Waals surface area contributed by atoms with Crippen LogP contribution in [0.15, 0.2) is 11.4 Å². The monoisotopic (exact) mass is 261 g/mol. The average molecular weight is 261 g/mol. The Kier molecular flexibility index (Phi) is 2.25. The highest BCUT2D eigenvalue weighted by Gasteiger charge is 2.52. The Morgan fingerprint density at radius 2 is 1.58 bits per heavy atom. The first-order chi connectivity index (χ1) is 9.05. The normalized spacial score (nSPS) is 44.5. The second kappa shape index (κ2) is 3.68. The van der Waals surface area contributed by atoms with E-state index in [1.807, 2.05) is 4.90 Å². The number of carbonyl (C=O) groups is 1. The molecule has 4 fully saturated rings. The minimum absolute atomic E-state index is 0.0340. The van der Waals surface area contributed by atoms with Crippen LogP contribution in [0.3, 0.4) is 0 Å². The molecule has 0 aromatic rings. The number of nitrogens with zero attached hydrogens (tertiary/aromatic N) is 1. The van der Waals surface area contributed by atoms with Crippen molar-refractivity contribution < 1.29 is 4.79 Å². The molecule has 0 radical (unpaired) electrons. The summed E-state index contributed by atoms with van der Waals surface area (Å²) in [6.07, 6.45) is 8.29. The third-order valence-corrected chi connectivity index (χ3v) is 5.92. The maximum atomic E-state index is 12.1. The topological polar surface area (TPSA) is 72.3 Å². The molecule has 4 N–H and O–H groups in total. The van der Waals surface area contributed by atoms with Gasteiger partial charge in [0, 0.05) is 6.54 Å². The first-order valence-electron chi connectivity index (χ1n) is 7.58. The molecule has 4 bridgehead atoms. The van der Waals surface area contributed by atoms with Crippen LogP contribution in [0.2, 0.25) is 0 Å². The highest BCUT2D eigenvalue weighted by molar-refractivity contribution is 5.95. The SMILES string of the molecule is NC1=C(N)C(=O)N(CC23CC4CC(CC(C4)C2)C3)C1. The van der Waals surface area contributed by atoms with E-state index in [0.717, 1.165) is 24.3 Å². The molecule has 4 saturated carbocycles. The number of carbonyl (C=O) groups excluding carboxylic acids is 1. The fourth-order valence-electron chi connectivity index (χ4n) is 5.69. The van der Waals surface area contributed by atoms with E-state index in [-0.39, 0.29) is 11.6 Å². The molecule has 1 aliphatic heterocycles. The van der Waals surface area contributed by atoms with Crippen LogP contribution in [0.25, 0.3) is 0 Å². The maximum Gasteiger partial charge on any atom is 0.271 e. The molecule has 4 aliphatic carbocycles. The lowest BCUT2D eigenvalue weighted by Gasteiger charge is -2.57. The molecule has 0 unspecified atom stereocenters. The molecule has 0 aromatic heterocycles. The summed E-state index contributed by atoms with van der Waals surface area (Å²) in [4.78, 5) is 14.0. The van der Waals surface area contributed by atoms with Crippen molar-refractivity contribution in [3.8, 4) is 0 Å². The van der Waals surface area contributed by atoms with E-state index in [9.17, 15) is 4.79 Å². The van der Waals surface area contributed by atoms with Crippen molar-refractivity contribution in [2.24, 2.45) is 34.6 Å². The summed E-state index contributed by atoms with van der Waals surface area (Å²) < 4.78 is 0. The van der Waals surface area contributed by atoms with Crippen molar-refractivity contribution in [1.82, 2.24) is 4.90 Å².